The fourth-order valence-electron chi connectivity index (χ4n) is 1.53. The first-order chi connectivity index (χ1) is 8.11. The van der Waals surface area contributed by atoms with Gasteiger partial charge in [0.15, 0.2) is 5.82 Å². The van der Waals surface area contributed by atoms with Crippen molar-refractivity contribution in [1.82, 2.24) is 20.0 Å². The van der Waals surface area contributed by atoms with Crippen LogP contribution in [-0.2, 0) is 0 Å². The van der Waals surface area contributed by atoms with E-state index in [1.54, 1.807) is 6.20 Å². The van der Waals surface area contributed by atoms with E-state index in [-0.39, 0.29) is 18.4 Å². The molecule has 8 heteroatoms. The molecule has 0 spiro atoms. The van der Waals surface area contributed by atoms with Crippen molar-refractivity contribution < 1.29 is 9.13 Å². The molecule has 0 aliphatic rings. The minimum atomic E-state index is -0.430. The Morgan fingerprint density at radius 2 is 2.22 bits per heavy atom. The molecule has 2 N–H and O–H groups in total. The second-order valence-electron chi connectivity index (χ2n) is 3.55. The predicted molar refractivity (Wildman–Crippen MR) is 66.2 cm³/mol. The summed E-state index contributed by atoms with van der Waals surface area (Å²) in [5.74, 6) is 0.230. The van der Waals surface area contributed by atoms with Crippen molar-refractivity contribution in [2.24, 2.45) is 0 Å². The molecule has 18 heavy (non-hydrogen) atoms. The Morgan fingerprint density at radius 3 is 2.78 bits per heavy atom. The lowest BCUT2D eigenvalue weighted by Gasteiger charge is -2.14. The summed E-state index contributed by atoms with van der Waals surface area (Å²) < 4.78 is 19.8. The zero-order valence-corrected chi connectivity index (χ0v) is 10.7. The number of nitrogens with two attached hydrogens (primary N) is 1. The second kappa shape index (κ2) is 5.63. The smallest absolute Gasteiger partial charge is 0.218 e. The molecule has 0 amide bonds. The molecule has 2 heterocycles. The highest BCUT2D eigenvalue weighted by atomic mass is 35.5. The monoisotopic (exact) mass is 273 g/mol. The molecule has 1 unspecified atom stereocenters. The average Bonchev–Trinajstić information content (AvgIpc) is 2.75. The number of methoxy groups -OCH3 is 1. The molecular weight excluding hydrogens is 261 g/mol. The topological polar surface area (TPSA) is 78.9 Å². The quantitative estimate of drug-likeness (QED) is 0.915. The van der Waals surface area contributed by atoms with Crippen LogP contribution in [0.5, 0.6) is 5.88 Å². The van der Waals surface area contributed by atoms with Gasteiger partial charge in [0.25, 0.3) is 0 Å². The number of nitrogens with zero attached hydrogens (tertiary/aromatic N) is 4. The maximum Gasteiger partial charge on any atom is 0.218 e. The summed E-state index contributed by atoms with van der Waals surface area (Å²) in [6.45, 7) is 1.83. The van der Waals surface area contributed by atoms with Gasteiger partial charge >= 0.3 is 0 Å². The van der Waals surface area contributed by atoms with E-state index in [9.17, 15) is 4.39 Å². The molecule has 2 aromatic heterocycles. The van der Waals surface area contributed by atoms with Crippen molar-refractivity contribution in [2.45, 2.75) is 13.0 Å². The molecule has 0 aliphatic heterocycles. The van der Waals surface area contributed by atoms with Crippen LogP contribution in [0.4, 0.5) is 10.2 Å². The van der Waals surface area contributed by atoms with E-state index in [4.69, 9.17) is 10.5 Å². The van der Waals surface area contributed by atoms with E-state index < -0.39 is 5.82 Å². The molecule has 0 saturated carbocycles. The van der Waals surface area contributed by atoms with Crippen LogP contribution >= 0.6 is 12.4 Å². The molecule has 2 rings (SSSR count). The van der Waals surface area contributed by atoms with Gasteiger partial charge in [-0.3, -0.25) is 0 Å². The lowest BCUT2D eigenvalue weighted by atomic mass is 10.1. The molecular formula is C10H13ClFN5O. The molecule has 0 aromatic carbocycles. The average molecular weight is 274 g/mol. The van der Waals surface area contributed by atoms with Crippen molar-refractivity contribution in [3.8, 4) is 5.88 Å². The van der Waals surface area contributed by atoms with E-state index in [0.29, 0.717) is 17.3 Å². The Balaban J connectivity index is 0.00000162. The summed E-state index contributed by atoms with van der Waals surface area (Å²) >= 11 is 0. The molecule has 0 fully saturated rings. The van der Waals surface area contributed by atoms with Crippen molar-refractivity contribution in [1.29, 1.82) is 0 Å². The van der Waals surface area contributed by atoms with Gasteiger partial charge in [-0.15, -0.1) is 17.5 Å². The van der Waals surface area contributed by atoms with Gasteiger partial charge in [-0.05, 0) is 13.0 Å². The highest BCUT2D eigenvalue weighted by Crippen LogP contribution is 2.25. The van der Waals surface area contributed by atoms with Crippen LogP contribution in [0.15, 0.2) is 18.5 Å². The number of ether oxygens (including phenoxy) is 1. The van der Waals surface area contributed by atoms with Crippen LogP contribution < -0.4 is 10.5 Å². The third kappa shape index (κ3) is 2.67. The SMILES string of the molecule is COc1ncc(F)cc1C(C)n1cc(N)nn1.Cl. The van der Waals surface area contributed by atoms with E-state index in [2.05, 4.69) is 15.3 Å². The van der Waals surface area contributed by atoms with Crippen LogP contribution in [0.2, 0.25) is 0 Å². The third-order valence-electron chi connectivity index (χ3n) is 2.41. The van der Waals surface area contributed by atoms with Crippen LogP contribution in [0, 0.1) is 5.82 Å². The number of pyridine rings is 1. The lowest BCUT2D eigenvalue weighted by Crippen LogP contribution is -2.10. The van der Waals surface area contributed by atoms with Gasteiger partial charge in [-0.2, -0.15) is 0 Å². The van der Waals surface area contributed by atoms with E-state index >= 15 is 0 Å². The van der Waals surface area contributed by atoms with Crippen molar-refractivity contribution >= 4 is 18.2 Å². The highest BCUT2D eigenvalue weighted by molar-refractivity contribution is 5.85. The van der Waals surface area contributed by atoms with Crippen LogP contribution in [0.1, 0.15) is 18.5 Å². The number of nitrogen functional groups attached to an aromatic ring is 1. The molecule has 0 bridgehead atoms. The van der Waals surface area contributed by atoms with Crippen LogP contribution in [0.3, 0.4) is 0 Å². The van der Waals surface area contributed by atoms with Gasteiger partial charge in [-0.1, -0.05) is 5.21 Å². The highest BCUT2D eigenvalue weighted by Gasteiger charge is 2.16. The maximum atomic E-state index is 13.2. The molecule has 2 aromatic rings. The summed E-state index contributed by atoms with van der Waals surface area (Å²) in [6, 6.07) is 1.09. The molecule has 1 atom stereocenters. The van der Waals surface area contributed by atoms with Crippen molar-refractivity contribution in [2.75, 3.05) is 12.8 Å². The summed E-state index contributed by atoms with van der Waals surface area (Å²) in [6.07, 6.45) is 2.67. The molecule has 6 nitrogen and oxygen atoms in total. The minimum absolute atomic E-state index is 0. The van der Waals surface area contributed by atoms with E-state index in [0.717, 1.165) is 6.20 Å². The molecule has 0 aliphatic carbocycles. The lowest BCUT2D eigenvalue weighted by molar-refractivity contribution is 0.380. The van der Waals surface area contributed by atoms with Crippen molar-refractivity contribution in [3.05, 3.63) is 29.8 Å². The van der Waals surface area contributed by atoms with Gasteiger partial charge in [0, 0.05) is 5.56 Å². The van der Waals surface area contributed by atoms with Gasteiger partial charge in [0.2, 0.25) is 5.88 Å². The normalized spacial score (nSPS) is 11.7. The Kier molecular flexibility index (Phi) is 4.43. The molecule has 0 radical (unpaired) electrons. The first-order valence-electron chi connectivity index (χ1n) is 4.98. The van der Waals surface area contributed by atoms with Crippen LogP contribution in [0.25, 0.3) is 0 Å². The summed E-state index contributed by atoms with van der Waals surface area (Å²) in [5.41, 5.74) is 6.06. The largest absolute Gasteiger partial charge is 0.481 e. The first kappa shape index (κ1) is 14.2. The number of halogens is 2. The Morgan fingerprint density at radius 1 is 1.50 bits per heavy atom. The molecule has 0 saturated heterocycles. The fraction of sp³-hybridized carbons (Fsp3) is 0.300. The number of rotatable bonds is 3. The summed E-state index contributed by atoms with van der Waals surface area (Å²) in [5, 5.41) is 7.51. The van der Waals surface area contributed by atoms with Gasteiger partial charge < -0.3 is 10.5 Å². The van der Waals surface area contributed by atoms with Gasteiger partial charge in [-0.25, -0.2) is 14.1 Å². The third-order valence-corrected chi connectivity index (χ3v) is 2.41. The van der Waals surface area contributed by atoms with Crippen LogP contribution in [-0.4, -0.2) is 27.1 Å². The van der Waals surface area contributed by atoms with Gasteiger partial charge in [0.1, 0.15) is 5.82 Å². The number of hydrogen-bond donors (Lipinski definition) is 1. The summed E-state index contributed by atoms with van der Waals surface area (Å²) in [4.78, 5) is 3.86. The molecule has 98 valence electrons. The minimum Gasteiger partial charge on any atom is -0.481 e. The Labute approximate surface area is 109 Å². The van der Waals surface area contributed by atoms with Gasteiger partial charge in [0.05, 0.1) is 25.5 Å². The summed E-state index contributed by atoms with van der Waals surface area (Å²) in [7, 11) is 1.48. The predicted octanol–water partition coefficient (Wildman–Crippen LogP) is 1.43. The zero-order valence-electron chi connectivity index (χ0n) is 9.87. The van der Waals surface area contributed by atoms with E-state index in [1.165, 1.54) is 17.9 Å². The zero-order chi connectivity index (χ0) is 12.4. The standard InChI is InChI=1S/C10H12FN5O.ClH/c1-6(16-5-9(12)14-15-16)8-3-7(11)4-13-10(8)17-2;/h3-6H,12H2,1-2H3;1H. The fourth-order valence-corrected chi connectivity index (χ4v) is 1.53. The van der Waals surface area contributed by atoms with E-state index in [1.807, 2.05) is 6.92 Å². The Bertz CT molecular complexity index is 533. The maximum absolute atomic E-state index is 13.2. The Hall–Kier alpha value is -1.89. The number of aromatic nitrogens is 4. The number of hydrogen-bond acceptors (Lipinski definition) is 5. The second-order valence-corrected chi connectivity index (χ2v) is 3.55. The number of anilines is 1. The van der Waals surface area contributed by atoms with Crippen molar-refractivity contribution in [3.63, 3.8) is 0 Å². The first-order valence-corrected chi connectivity index (χ1v) is 4.98.